The monoisotopic (exact) mass is 328 g/mol. The van der Waals surface area contributed by atoms with Crippen molar-refractivity contribution in [1.29, 1.82) is 0 Å². The number of carbonyl (C=O) groups is 1. The summed E-state index contributed by atoms with van der Waals surface area (Å²) in [6.45, 7) is 4.51. The number of methoxy groups -OCH3 is 1. The van der Waals surface area contributed by atoms with Crippen LogP contribution >= 0.6 is 23.4 Å². The first-order valence-corrected chi connectivity index (χ1v) is 7.74. The molecular formula is C14H17ClN2O3S. The summed E-state index contributed by atoms with van der Waals surface area (Å²) in [6.07, 6.45) is 0. The van der Waals surface area contributed by atoms with Crippen molar-refractivity contribution in [2.45, 2.75) is 24.5 Å². The third-order valence-corrected chi connectivity index (χ3v) is 4.26. The lowest BCUT2D eigenvalue weighted by Crippen LogP contribution is -2.32. The van der Waals surface area contributed by atoms with Crippen LogP contribution in [0.1, 0.15) is 13.8 Å². The van der Waals surface area contributed by atoms with E-state index in [1.165, 1.54) is 11.8 Å². The number of rotatable bonds is 6. The molecule has 0 aliphatic carbocycles. The number of thioether (sulfide) groups is 1. The van der Waals surface area contributed by atoms with Crippen molar-refractivity contribution in [2.75, 3.05) is 19.5 Å². The van der Waals surface area contributed by atoms with E-state index in [0.29, 0.717) is 22.3 Å². The molecule has 2 aromatic rings. The standard InChI is InChI=1S/C14H17ClN2O3S/c1-14(2,8-20-3)17-10-6-4-5-9(15)12(10)16-13(17)21-7-11(18)19/h4-6H,7-8H2,1-3H3,(H,18,19). The zero-order valence-electron chi connectivity index (χ0n) is 12.1. The SMILES string of the molecule is COCC(C)(C)n1c(SCC(=O)O)nc2c(Cl)cccc21. The molecule has 0 spiro atoms. The molecule has 2 rings (SSSR count). The number of benzene rings is 1. The Morgan fingerprint density at radius 1 is 1.52 bits per heavy atom. The van der Waals surface area contributed by atoms with Gasteiger partial charge in [0.2, 0.25) is 0 Å². The zero-order valence-corrected chi connectivity index (χ0v) is 13.7. The zero-order chi connectivity index (χ0) is 15.6. The molecule has 1 heterocycles. The Balaban J connectivity index is 2.60. The molecular weight excluding hydrogens is 312 g/mol. The number of para-hydroxylation sites is 1. The Hall–Kier alpha value is -1.24. The number of nitrogens with zero attached hydrogens (tertiary/aromatic N) is 2. The highest BCUT2D eigenvalue weighted by molar-refractivity contribution is 7.99. The number of ether oxygens (including phenoxy) is 1. The second-order valence-electron chi connectivity index (χ2n) is 5.27. The molecule has 0 fully saturated rings. The average molecular weight is 329 g/mol. The first-order valence-electron chi connectivity index (χ1n) is 6.38. The number of aliphatic carboxylic acids is 1. The minimum Gasteiger partial charge on any atom is -0.481 e. The number of hydrogen-bond acceptors (Lipinski definition) is 4. The fourth-order valence-electron chi connectivity index (χ4n) is 2.27. The summed E-state index contributed by atoms with van der Waals surface area (Å²) < 4.78 is 7.27. The fraction of sp³-hybridized carbons (Fsp3) is 0.429. The van der Waals surface area contributed by atoms with Gasteiger partial charge in [0, 0.05) is 7.11 Å². The van der Waals surface area contributed by atoms with Gasteiger partial charge in [0.15, 0.2) is 5.16 Å². The van der Waals surface area contributed by atoms with Gasteiger partial charge in [-0.15, -0.1) is 0 Å². The van der Waals surface area contributed by atoms with Crippen LogP contribution in [0.25, 0.3) is 11.0 Å². The molecule has 0 saturated heterocycles. The van der Waals surface area contributed by atoms with Gasteiger partial charge >= 0.3 is 5.97 Å². The summed E-state index contributed by atoms with van der Waals surface area (Å²) >= 11 is 7.38. The fourth-order valence-corrected chi connectivity index (χ4v) is 3.36. The van der Waals surface area contributed by atoms with Crippen LogP contribution in [0.15, 0.2) is 23.4 Å². The van der Waals surface area contributed by atoms with Crippen LogP contribution in [-0.4, -0.2) is 40.1 Å². The topological polar surface area (TPSA) is 64.3 Å². The molecule has 0 amide bonds. The van der Waals surface area contributed by atoms with Crippen molar-refractivity contribution in [3.63, 3.8) is 0 Å². The molecule has 0 bridgehead atoms. The van der Waals surface area contributed by atoms with Crippen LogP contribution in [0.2, 0.25) is 5.02 Å². The van der Waals surface area contributed by atoms with Crippen LogP contribution < -0.4 is 0 Å². The van der Waals surface area contributed by atoms with Gasteiger partial charge in [-0.3, -0.25) is 4.79 Å². The summed E-state index contributed by atoms with van der Waals surface area (Å²) in [7, 11) is 1.64. The number of halogens is 1. The number of carboxylic acid groups (broad SMARTS) is 1. The molecule has 0 aliphatic rings. The summed E-state index contributed by atoms with van der Waals surface area (Å²) in [5.41, 5.74) is 1.18. The minimum absolute atomic E-state index is 0.0516. The predicted molar refractivity (Wildman–Crippen MR) is 84.3 cm³/mol. The normalized spacial score (nSPS) is 12.0. The molecule has 7 heteroatoms. The van der Waals surface area contributed by atoms with Crippen LogP contribution in [0.4, 0.5) is 0 Å². The Morgan fingerprint density at radius 3 is 2.86 bits per heavy atom. The maximum absolute atomic E-state index is 10.8. The van der Waals surface area contributed by atoms with E-state index in [1.807, 2.05) is 30.5 Å². The van der Waals surface area contributed by atoms with E-state index in [2.05, 4.69) is 4.98 Å². The molecule has 0 aliphatic heterocycles. The molecule has 21 heavy (non-hydrogen) atoms. The Morgan fingerprint density at radius 2 is 2.24 bits per heavy atom. The van der Waals surface area contributed by atoms with E-state index >= 15 is 0 Å². The van der Waals surface area contributed by atoms with Crippen molar-refractivity contribution in [3.05, 3.63) is 23.2 Å². The number of hydrogen-bond donors (Lipinski definition) is 1. The highest BCUT2D eigenvalue weighted by Gasteiger charge is 2.27. The van der Waals surface area contributed by atoms with Crippen LogP contribution in [-0.2, 0) is 15.1 Å². The van der Waals surface area contributed by atoms with Crippen molar-refractivity contribution < 1.29 is 14.6 Å². The third-order valence-electron chi connectivity index (χ3n) is 3.03. The smallest absolute Gasteiger partial charge is 0.313 e. The third kappa shape index (κ3) is 3.33. The molecule has 1 aromatic carbocycles. The average Bonchev–Trinajstić information content (AvgIpc) is 2.77. The number of fused-ring (bicyclic) bond motifs is 1. The van der Waals surface area contributed by atoms with E-state index in [-0.39, 0.29) is 11.3 Å². The van der Waals surface area contributed by atoms with E-state index < -0.39 is 5.97 Å². The van der Waals surface area contributed by atoms with Gasteiger partial charge in [-0.25, -0.2) is 4.98 Å². The van der Waals surface area contributed by atoms with Gasteiger partial charge in [-0.05, 0) is 26.0 Å². The van der Waals surface area contributed by atoms with E-state index in [0.717, 1.165) is 5.52 Å². The lowest BCUT2D eigenvalue weighted by molar-refractivity contribution is -0.133. The summed E-state index contributed by atoms with van der Waals surface area (Å²) in [5, 5.41) is 10.1. The first-order chi connectivity index (χ1) is 9.86. The maximum Gasteiger partial charge on any atom is 0.313 e. The van der Waals surface area contributed by atoms with E-state index in [4.69, 9.17) is 21.4 Å². The number of aromatic nitrogens is 2. The Bertz CT molecular complexity index is 670. The molecule has 114 valence electrons. The van der Waals surface area contributed by atoms with Crippen LogP contribution in [0.3, 0.4) is 0 Å². The van der Waals surface area contributed by atoms with Gasteiger partial charge in [-0.2, -0.15) is 0 Å². The number of imidazole rings is 1. The van der Waals surface area contributed by atoms with Gasteiger partial charge < -0.3 is 14.4 Å². The highest BCUT2D eigenvalue weighted by atomic mass is 35.5. The number of carboxylic acids is 1. The molecule has 0 radical (unpaired) electrons. The van der Waals surface area contributed by atoms with Crippen molar-refractivity contribution in [3.8, 4) is 0 Å². The summed E-state index contributed by atoms with van der Waals surface area (Å²) in [4.78, 5) is 15.3. The molecule has 1 N–H and O–H groups in total. The van der Waals surface area contributed by atoms with Gasteiger partial charge in [0.1, 0.15) is 5.52 Å². The minimum atomic E-state index is -0.880. The van der Waals surface area contributed by atoms with Crippen molar-refractivity contribution in [2.24, 2.45) is 0 Å². The lowest BCUT2D eigenvalue weighted by atomic mass is 10.1. The second-order valence-corrected chi connectivity index (χ2v) is 6.61. The molecule has 1 aromatic heterocycles. The quantitative estimate of drug-likeness (QED) is 0.825. The van der Waals surface area contributed by atoms with Crippen LogP contribution in [0, 0.1) is 0 Å². The predicted octanol–water partition coefficient (Wildman–Crippen LogP) is 3.25. The van der Waals surface area contributed by atoms with Gasteiger partial charge in [-0.1, -0.05) is 29.4 Å². The van der Waals surface area contributed by atoms with Gasteiger partial charge in [0.05, 0.1) is 28.4 Å². The molecule has 0 unspecified atom stereocenters. The second kappa shape index (κ2) is 6.25. The van der Waals surface area contributed by atoms with Gasteiger partial charge in [0.25, 0.3) is 0 Å². The van der Waals surface area contributed by atoms with Crippen molar-refractivity contribution in [1.82, 2.24) is 9.55 Å². The Kier molecular flexibility index (Phi) is 4.81. The maximum atomic E-state index is 10.8. The largest absolute Gasteiger partial charge is 0.481 e. The van der Waals surface area contributed by atoms with Crippen molar-refractivity contribution >= 4 is 40.4 Å². The molecule has 0 saturated carbocycles. The summed E-state index contributed by atoms with van der Waals surface area (Å²) in [5.74, 6) is -0.932. The lowest BCUT2D eigenvalue weighted by Gasteiger charge is -2.28. The van der Waals surface area contributed by atoms with E-state index in [1.54, 1.807) is 13.2 Å². The molecule has 5 nitrogen and oxygen atoms in total. The highest BCUT2D eigenvalue weighted by Crippen LogP contribution is 2.33. The first kappa shape index (κ1) is 16.1. The summed E-state index contributed by atoms with van der Waals surface area (Å²) in [6, 6.07) is 5.56. The molecule has 0 atom stereocenters. The Labute approximate surface area is 132 Å². The van der Waals surface area contributed by atoms with Crippen LogP contribution in [0.5, 0.6) is 0 Å². The van der Waals surface area contributed by atoms with E-state index in [9.17, 15) is 4.79 Å².